The molecular weight excluding hydrogens is 276 g/mol. The van der Waals surface area contributed by atoms with E-state index in [2.05, 4.69) is 24.1 Å². The summed E-state index contributed by atoms with van der Waals surface area (Å²) in [6.07, 6.45) is 8.32. The normalized spacial score (nSPS) is 26.6. The Bertz CT molecular complexity index is 365. The van der Waals surface area contributed by atoms with Crippen LogP contribution in [0.5, 0.6) is 0 Å². The molecule has 0 atom stereocenters. The Balaban J connectivity index is 1.76. The van der Waals surface area contributed by atoms with Crippen molar-refractivity contribution in [3.8, 4) is 0 Å². The van der Waals surface area contributed by atoms with Crippen LogP contribution in [0.25, 0.3) is 0 Å². The van der Waals surface area contributed by atoms with Crippen molar-refractivity contribution in [2.24, 2.45) is 17.8 Å². The van der Waals surface area contributed by atoms with Gasteiger partial charge in [0.2, 0.25) is 11.8 Å². The highest BCUT2D eigenvalue weighted by atomic mass is 16.2. The Hall–Kier alpha value is -1.06. The van der Waals surface area contributed by atoms with Crippen LogP contribution in [0.2, 0.25) is 0 Å². The van der Waals surface area contributed by atoms with Crippen molar-refractivity contribution in [2.45, 2.75) is 65.2 Å². The molecule has 0 radical (unpaired) electrons. The van der Waals surface area contributed by atoms with E-state index in [1.807, 2.05) is 0 Å². The monoisotopic (exact) mass is 308 g/mol. The Morgan fingerprint density at radius 2 is 1.50 bits per heavy atom. The molecule has 1 heterocycles. The first-order valence-electron chi connectivity index (χ1n) is 9.14. The second-order valence-electron chi connectivity index (χ2n) is 7.43. The van der Waals surface area contributed by atoms with Gasteiger partial charge in [0.05, 0.1) is 0 Å². The summed E-state index contributed by atoms with van der Waals surface area (Å²) in [4.78, 5) is 26.8. The SMILES string of the molecule is CC(C)CNC(=O)C1CCC(C(=O)N2CCCCCC2)CC1. The molecule has 0 bridgehead atoms. The first kappa shape index (κ1) is 17.3. The van der Waals surface area contributed by atoms with Gasteiger partial charge in [0.25, 0.3) is 0 Å². The van der Waals surface area contributed by atoms with E-state index in [1.165, 1.54) is 12.8 Å². The molecule has 22 heavy (non-hydrogen) atoms. The second kappa shape index (κ2) is 8.54. The molecular formula is C18H32N2O2. The molecule has 0 unspecified atom stereocenters. The van der Waals surface area contributed by atoms with Gasteiger partial charge in [0.1, 0.15) is 0 Å². The fraction of sp³-hybridized carbons (Fsp3) is 0.889. The molecule has 0 aromatic carbocycles. The number of nitrogens with zero attached hydrogens (tertiary/aromatic N) is 1. The summed E-state index contributed by atoms with van der Waals surface area (Å²) in [7, 11) is 0. The summed E-state index contributed by atoms with van der Waals surface area (Å²) in [6, 6.07) is 0. The van der Waals surface area contributed by atoms with Gasteiger partial charge in [-0.25, -0.2) is 0 Å². The van der Waals surface area contributed by atoms with Crippen LogP contribution in [0.4, 0.5) is 0 Å². The zero-order valence-electron chi connectivity index (χ0n) is 14.3. The van der Waals surface area contributed by atoms with Crippen molar-refractivity contribution in [1.82, 2.24) is 10.2 Å². The first-order valence-corrected chi connectivity index (χ1v) is 9.14. The van der Waals surface area contributed by atoms with Gasteiger partial charge < -0.3 is 10.2 Å². The second-order valence-corrected chi connectivity index (χ2v) is 7.43. The molecule has 1 saturated carbocycles. The Morgan fingerprint density at radius 3 is 2.05 bits per heavy atom. The standard InChI is InChI=1S/C18H32N2O2/c1-14(2)13-19-17(21)15-7-9-16(10-8-15)18(22)20-11-5-3-4-6-12-20/h14-16H,3-13H2,1-2H3,(H,19,21). The van der Waals surface area contributed by atoms with Crippen LogP contribution in [0.1, 0.15) is 65.2 Å². The number of carbonyl (C=O) groups is 2. The summed E-state index contributed by atoms with van der Waals surface area (Å²) < 4.78 is 0. The highest BCUT2D eigenvalue weighted by Crippen LogP contribution is 2.30. The van der Waals surface area contributed by atoms with Crippen LogP contribution in [0.15, 0.2) is 0 Å². The highest BCUT2D eigenvalue weighted by molar-refractivity contribution is 5.81. The van der Waals surface area contributed by atoms with Crippen LogP contribution in [0.3, 0.4) is 0 Å². The van der Waals surface area contributed by atoms with Gasteiger partial charge in [-0.1, -0.05) is 26.7 Å². The molecule has 0 spiro atoms. The first-order chi connectivity index (χ1) is 10.6. The van der Waals surface area contributed by atoms with Crippen molar-refractivity contribution >= 4 is 11.8 Å². The molecule has 1 aliphatic carbocycles. The zero-order valence-corrected chi connectivity index (χ0v) is 14.3. The maximum atomic E-state index is 12.6. The van der Waals surface area contributed by atoms with Crippen LogP contribution in [0, 0.1) is 17.8 Å². The highest BCUT2D eigenvalue weighted by Gasteiger charge is 2.32. The lowest BCUT2D eigenvalue weighted by molar-refractivity contribution is -0.138. The molecule has 1 saturated heterocycles. The quantitative estimate of drug-likeness (QED) is 0.868. The number of amides is 2. The van der Waals surface area contributed by atoms with Crippen molar-refractivity contribution in [2.75, 3.05) is 19.6 Å². The van der Waals surface area contributed by atoms with Gasteiger partial charge in [-0.2, -0.15) is 0 Å². The third-order valence-electron chi connectivity index (χ3n) is 5.05. The van der Waals surface area contributed by atoms with Crippen molar-refractivity contribution < 1.29 is 9.59 Å². The number of rotatable bonds is 4. The van der Waals surface area contributed by atoms with Gasteiger partial charge in [0.15, 0.2) is 0 Å². The van der Waals surface area contributed by atoms with Gasteiger partial charge in [-0.05, 0) is 44.4 Å². The van der Waals surface area contributed by atoms with Crippen LogP contribution in [-0.4, -0.2) is 36.3 Å². The van der Waals surface area contributed by atoms with Crippen molar-refractivity contribution in [3.63, 3.8) is 0 Å². The lowest BCUT2D eigenvalue weighted by atomic mass is 9.81. The van der Waals surface area contributed by atoms with Gasteiger partial charge in [-0.15, -0.1) is 0 Å². The molecule has 126 valence electrons. The Labute approximate surface area is 135 Å². The number of nitrogens with one attached hydrogen (secondary N) is 1. The lowest BCUT2D eigenvalue weighted by Crippen LogP contribution is -2.40. The fourth-order valence-electron chi connectivity index (χ4n) is 3.60. The number of likely N-dealkylation sites (tertiary alicyclic amines) is 1. The molecule has 0 aromatic heterocycles. The summed E-state index contributed by atoms with van der Waals surface area (Å²) in [5.41, 5.74) is 0. The minimum atomic E-state index is 0.118. The molecule has 4 heteroatoms. The van der Waals surface area contributed by atoms with Gasteiger partial charge >= 0.3 is 0 Å². The minimum Gasteiger partial charge on any atom is -0.356 e. The molecule has 1 N–H and O–H groups in total. The molecule has 2 rings (SSSR count). The van der Waals surface area contributed by atoms with E-state index in [-0.39, 0.29) is 17.7 Å². The number of hydrogen-bond acceptors (Lipinski definition) is 2. The topological polar surface area (TPSA) is 49.4 Å². The summed E-state index contributed by atoms with van der Waals surface area (Å²) in [5, 5.41) is 3.03. The van der Waals surface area contributed by atoms with E-state index in [0.717, 1.165) is 58.2 Å². The predicted octanol–water partition coefficient (Wildman–Crippen LogP) is 2.97. The average molecular weight is 308 g/mol. The van der Waals surface area contributed by atoms with Crippen LogP contribution in [-0.2, 0) is 9.59 Å². The van der Waals surface area contributed by atoms with E-state index in [1.54, 1.807) is 0 Å². The zero-order chi connectivity index (χ0) is 15.9. The maximum absolute atomic E-state index is 12.6. The Morgan fingerprint density at radius 1 is 0.955 bits per heavy atom. The third kappa shape index (κ3) is 4.99. The average Bonchev–Trinajstić information content (AvgIpc) is 2.81. The largest absolute Gasteiger partial charge is 0.356 e. The van der Waals surface area contributed by atoms with Crippen LogP contribution >= 0.6 is 0 Å². The smallest absolute Gasteiger partial charge is 0.225 e. The van der Waals surface area contributed by atoms with Crippen molar-refractivity contribution in [1.29, 1.82) is 0 Å². The molecule has 2 fully saturated rings. The van der Waals surface area contributed by atoms with E-state index < -0.39 is 0 Å². The molecule has 0 aromatic rings. The van der Waals surface area contributed by atoms with E-state index >= 15 is 0 Å². The fourth-order valence-corrected chi connectivity index (χ4v) is 3.60. The summed E-state index contributed by atoms with van der Waals surface area (Å²) >= 11 is 0. The third-order valence-corrected chi connectivity index (χ3v) is 5.05. The molecule has 1 aliphatic heterocycles. The van der Waals surface area contributed by atoms with Crippen molar-refractivity contribution in [3.05, 3.63) is 0 Å². The predicted molar refractivity (Wildman–Crippen MR) is 88.3 cm³/mol. The van der Waals surface area contributed by atoms with E-state index in [4.69, 9.17) is 0 Å². The summed E-state index contributed by atoms with van der Waals surface area (Å²) in [5.74, 6) is 1.31. The lowest BCUT2D eigenvalue weighted by Gasteiger charge is -2.31. The van der Waals surface area contributed by atoms with Gasteiger partial charge in [0, 0.05) is 31.5 Å². The Kier molecular flexibility index (Phi) is 6.71. The number of hydrogen-bond donors (Lipinski definition) is 1. The molecule has 2 amide bonds. The molecule has 2 aliphatic rings. The summed E-state index contributed by atoms with van der Waals surface area (Å²) in [6.45, 7) is 6.85. The minimum absolute atomic E-state index is 0.118. The van der Waals surface area contributed by atoms with Crippen LogP contribution < -0.4 is 5.32 Å². The van der Waals surface area contributed by atoms with Gasteiger partial charge in [-0.3, -0.25) is 9.59 Å². The number of carbonyl (C=O) groups excluding carboxylic acids is 2. The van der Waals surface area contributed by atoms with E-state index in [9.17, 15) is 9.59 Å². The molecule has 4 nitrogen and oxygen atoms in total. The maximum Gasteiger partial charge on any atom is 0.225 e. The van der Waals surface area contributed by atoms with E-state index in [0.29, 0.717) is 11.8 Å².